The Kier molecular flexibility index (Phi) is 6.17. The highest BCUT2D eigenvalue weighted by Gasteiger charge is 2.48. The maximum absolute atomic E-state index is 13.3. The zero-order valence-electron chi connectivity index (χ0n) is 17.9. The highest BCUT2D eigenvalue weighted by atomic mass is 16.7. The number of carbonyl (C=O) groups is 1. The number of benzene rings is 2. The van der Waals surface area contributed by atoms with Crippen LogP contribution in [0.1, 0.15) is 0 Å². The highest BCUT2D eigenvalue weighted by molar-refractivity contribution is 5.88. The van der Waals surface area contributed by atoms with Gasteiger partial charge in [0.15, 0.2) is 23.4 Å². The fourth-order valence-corrected chi connectivity index (χ4v) is 3.65. The zero-order chi connectivity index (χ0) is 25.6. The van der Waals surface area contributed by atoms with Gasteiger partial charge in [-0.1, -0.05) is 0 Å². The topological polar surface area (TPSA) is 217 Å². The number of phenolic OH excluding ortho intramolecular Hbond substituents is 3. The quantitative estimate of drug-likeness (QED) is 0.247. The SMILES string of the molecule is COc1cc(-c2oc3cc(O)cc(O)c3c(=O)c2O[C@@H]2O[C@@H](C(=O)O)[C@@H](O)[C@@H](O)[C@@H]2O)ccc1O. The summed E-state index contributed by atoms with van der Waals surface area (Å²) in [6.45, 7) is 0. The van der Waals surface area contributed by atoms with E-state index in [-0.39, 0.29) is 28.4 Å². The van der Waals surface area contributed by atoms with Gasteiger partial charge in [0.25, 0.3) is 0 Å². The van der Waals surface area contributed by atoms with Crippen LogP contribution in [0.2, 0.25) is 0 Å². The molecule has 1 aliphatic heterocycles. The Labute approximate surface area is 195 Å². The number of aliphatic hydroxyl groups is 3. The largest absolute Gasteiger partial charge is 0.508 e. The van der Waals surface area contributed by atoms with E-state index < -0.39 is 64.7 Å². The molecule has 2 heterocycles. The number of carboxylic acids is 1. The van der Waals surface area contributed by atoms with Gasteiger partial charge in [-0.15, -0.1) is 0 Å². The number of hydrogen-bond acceptors (Lipinski definition) is 12. The molecule has 0 saturated carbocycles. The van der Waals surface area contributed by atoms with E-state index in [1.807, 2.05) is 0 Å². The first kappa shape index (κ1) is 24.1. The summed E-state index contributed by atoms with van der Waals surface area (Å²) >= 11 is 0. The van der Waals surface area contributed by atoms with E-state index in [9.17, 15) is 45.3 Å². The third kappa shape index (κ3) is 4.17. The lowest BCUT2D eigenvalue weighted by molar-refractivity contribution is -0.271. The summed E-state index contributed by atoms with van der Waals surface area (Å²) in [6.07, 6.45) is -9.97. The van der Waals surface area contributed by atoms with Crippen LogP contribution in [-0.4, -0.2) is 79.5 Å². The minimum Gasteiger partial charge on any atom is -0.508 e. The lowest BCUT2D eigenvalue weighted by Crippen LogP contribution is -2.61. The molecule has 13 heteroatoms. The maximum Gasteiger partial charge on any atom is 0.335 e. The number of phenols is 3. The number of hydrogen-bond donors (Lipinski definition) is 7. The minimum atomic E-state index is -2.01. The second-order valence-corrected chi connectivity index (χ2v) is 7.67. The lowest BCUT2D eigenvalue weighted by Gasteiger charge is -2.38. The predicted molar refractivity (Wildman–Crippen MR) is 114 cm³/mol. The van der Waals surface area contributed by atoms with Crippen molar-refractivity contribution in [3.63, 3.8) is 0 Å². The molecule has 4 rings (SSSR count). The lowest BCUT2D eigenvalue weighted by atomic mass is 9.99. The second-order valence-electron chi connectivity index (χ2n) is 7.67. The molecule has 5 atom stereocenters. The summed E-state index contributed by atoms with van der Waals surface area (Å²) in [4.78, 5) is 24.8. The molecule has 7 N–H and O–H groups in total. The molecule has 3 aromatic rings. The Hall–Kier alpha value is -4.04. The van der Waals surface area contributed by atoms with Gasteiger partial charge in [-0.2, -0.15) is 0 Å². The first-order valence-electron chi connectivity index (χ1n) is 10.0. The van der Waals surface area contributed by atoms with Crippen LogP contribution in [0.5, 0.6) is 28.7 Å². The number of ether oxygens (including phenoxy) is 3. The normalized spacial score (nSPS) is 24.3. The smallest absolute Gasteiger partial charge is 0.335 e. The van der Waals surface area contributed by atoms with E-state index in [1.165, 1.54) is 25.3 Å². The van der Waals surface area contributed by atoms with Crippen LogP contribution in [0.15, 0.2) is 39.5 Å². The highest BCUT2D eigenvalue weighted by Crippen LogP contribution is 2.39. The summed E-state index contributed by atoms with van der Waals surface area (Å²) in [5.74, 6) is -4.04. The number of aromatic hydroxyl groups is 3. The van der Waals surface area contributed by atoms with E-state index in [4.69, 9.17) is 18.6 Å². The van der Waals surface area contributed by atoms with Crippen molar-refractivity contribution in [1.82, 2.24) is 0 Å². The molecule has 0 spiro atoms. The average Bonchev–Trinajstić information content (AvgIpc) is 2.80. The molecular weight excluding hydrogens is 472 g/mol. The van der Waals surface area contributed by atoms with E-state index in [2.05, 4.69) is 0 Å². The molecule has 2 aromatic carbocycles. The van der Waals surface area contributed by atoms with Gasteiger partial charge in [0.2, 0.25) is 17.5 Å². The van der Waals surface area contributed by atoms with Crippen molar-refractivity contribution in [2.75, 3.05) is 7.11 Å². The second kappa shape index (κ2) is 8.96. The third-order valence-electron chi connectivity index (χ3n) is 5.41. The van der Waals surface area contributed by atoms with Crippen molar-refractivity contribution in [3.8, 4) is 40.1 Å². The Bertz CT molecular complexity index is 1350. The molecule has 1 fully saturated rings. The fourth-order valence-electron chi connectivity index (χ4n) is 3.65. The van der Waals surface area contributed by atoms with E-state index in [0.717, 1.165) is 12.1 Å². The maximum atomic E-state index is 13.3. The average molecular weight is 492 g/mol. The molecule has 0 bridgehead atoms. The summed E-state index contributed by atoms with van der Waals surface area (Å²) in [5.41, 5.74) is -1.17. The van der Waals surface area contributed by atoms with Gasteiger partial charge >= 0.3 is 5.97 Å². The van der Waals surface area contributed by atoms with Crippen LogP contribution in [0.4, 0.5) is 0 Å². The molecule has 0 aliphatic carbocycles. The van der Waals surface area contributed by atoms with Crippen LogP contribution in [0, 0.1) is 0 Å². The number of aliphatic hydroxyl groups excluding tert-OH is 3. The summed E-state index contributed by atoms with van der Waals surface area (Å²) in [6, 6.07) is 5.72. The first-order valence-corrected chi connectivity index (χ1v) is 10.0. The van der Waals surface area contributed by atoms with Crippen molar-refractivity contribution < 1.29 is 59.2 Å². The van der Waals surface area contributed by atoms with Gasteiger partial charge in [0.1, 0.15) is 40.8 Å². The molecular formula is C22H20O13. The van der Waals surface area contributed by atoms with Crippen LogP contribution >= 0.6 is 0 Å². The molecule has 1 saturated heterocycles. The Morgan fingerprint density at radius 1 is 0.971 bits per heavy atom. The molecule has 186 valence electrons. The van der Waals surface area contributed by atoms with Gasteiger partial charge in [-0.05, 0) is 18.2 Å². The Morgan fingerprint density at radius 3 is 2.34 bits per heavy atom. The van der Waals surface area contributed by atoms with Crippen LogP contribution < -0.4 is 14.9 Å². The molecule has 0 radical (unpaired) electrons. The Balaban J connectivity index is 1.92. The third-order valence-corrected chi connectivity index (χ3v) is 5.41. The van der Waals surface area contributed by atoms with Gasteiger partial charge in [-0.25, -0.2) is 4.79 Å². The number of methoxy groups -OCH3 is 1. The molecule has 0 amide bonds. The summed E-state index contributed by atoms with van der Waals surface area (Å²) in [5, 5.41) is 69.1. The van der Waals surface area contributed by atoms with E-state index >= 15 is 0 Å². The molecule has 0 unspecified atom stereocenters. The van der Waals surface area contributed by atoms with E-state index in [1.54, 1.807) is 0 Å². The minimum absolute atomic E-state index is 0.0200. The van der Waals surface area contributed by atoms with Gasteiger partial charge in [-0.3, -0.25) is 4.79 Å². The van der Waals surface area contributed by atoms with Gasteiger partial charge < -0.3 is 54.4 Å². The number of fused-ring (bicyclic) bond motifs is 1. The molecule has 1 aromatic heterocycles. The van der Waals surface area contributed by atoms with Crippen molar-refractivity contribution in [2.45, 2.75) is 30.7 Å². The summed E-state index contributed by atoms with van der Waals surface area (Å²) in [7, 11) is 1.27. The van der Waals surface area contributed by atoms with Crippen LogP contribution in [-0.2, 0) is 9.53 Å². The van der Waals surface area contributed by atoms with Crippen molar-refractivity contribution in [2.24, 2.45) is 0 Å². The van der Waals surface area contributed by atoms with Crippen molar-refractivity contribution in [3.05, 3.63) is 40.6 Å². The molecule has 1 aliphatic rings. The van der Waals surface area contributed by atoms with Crippen molar-refractivity contribution in [1.29, 1.82) is 0 Å². The standard InChI is InChI=1S/C22H20O13/c1-32-11-4-7(2-3-9(11)24)18-19(14(26)13-10(25)5-8(23)6-12(13)33-18)34-22-17(29)15(27)16(28)20(35-22)21(30)31/h2-6,15-17,20,22-25,27-29H,1H3,(H,30,31)/t15-,16+,17+,20-,22-/m1/s1. The number of aliphatic carboxylic acids is 1. The number of carboxylic acid groups (broad SMARTS) is 1. The molecule has 35 heavy (non-hydrogen) atoms. The first-order chi connectivity index (χ1) is 16.5. The fraction of sp³-hybridized carbons (Fsp3) is 0.273. The number of rotatable bonds is 5. The Morgan fingerprint density at radius 2 is 1.69 bits per heavy atom. The zero-order valence-corrected chi connectivity index (χ0v) is 17.9. The van der Waals surface area contributed by atoms with Crippen LogP contribution in [0.25, 0.3) is 22.3 Å². The van der Waals surface area contributed by atoms with E-state index in [0.29, 0.717) is 0 Å². The van der Waals surface area contributed by atoms with Crippen LogP contribution in [0.3, 0.4) is 0 Å². The van der Waals surface area contributed by atoms with Gasteiger partial charge in [0, 0.05) is 17.7 Å². The predicted octanol–water partition coefficient (Wildman–Crippen LogP) is -0.144. The monoisotopic (exact) mass is 492 g/mol. The van der Waals surface area contributed by atoms with Crippen molar-refractivity contribution >= 4 is 16.9 Å². The summed E-state index contributed by atoms with van der Waals surface area (Å²) < 4.78 is 21.3. The van der Waals surface area contributed by atoms with Gasteiger partial charge in [0.05, 0.1) is 7.11 Å². The molecule has 13 nitrogen and oxygen atoms in total.